The van der Waals surface area contributed by atoms with Crippen LogP contribution in [0, 0.1) is 11.8 Å². The molecule has 3 unspecified atom stereocenters. The summed E-state index contributed by atoms with van der Waals surface area (Å²) >= 11 is 0. The zero-order chi connectivity index (χ0) is 7.72. The van der Waals surface area contributed by atoms with Gasteiger partial charge in [0.05, 0.1) is 12.2 Å². The lowest BCUT2D eigenvalue weighted by molar-refractivity contribution is 0.0393. The van der Waals surface area contributed by atoms with Crippen molar-refractivity contribution in [2.75, 3.05) is 0 Å². The third-order valence-corrected chi connectivity index (χ3v) is 2.95. The first-order valence-corrected chi connectivity index (χ1v) is 4.32. The third kappa shape index (κ3) is 1.20. The Morgan fingerprint density at radius 1 is 1.10 bits per heavy atom. The van der Waals surface area contributed by atoms with E-state index in [1.165, 1.54) is 0 Å². The Kier molecular flexibility index (Phi) is 2.35. The molecule has 0 N–H and O–H groups in total. The monoisotopic (exact) mass is 142 g/mol. The highest BCUT2D eigenvalue weighted by atomic mass is 16.5. The summed E-state index contributed by atoms with van der Waals surface area (Å²) in [6.07, 6.45) is 2.15. The Hall–Kier alpha value is -0.0400. The standard InChI is InChI=1S/C9H18O/c1-5-9-7(3)6(2)8(4)10-9/h6-9H,5H2,1-4H3/t6-,7?,8?,9?/m1/s1. The second-order valence-corrected chi connectivity index (χ2v) is 3.51. The predicted octanol–water partition coefficient (Wildman–Crippen LogP) is 2.46. The van der Waals surface area contributed by atoms with Gasteiger partial charge in [-0.3, -0.25) is 0 Å². The summed E-state index contributed by atoms with van der Waals surface area (Å²) in [5, 5.41) is 0. The maximum atomic E-state index is 5.73. The molecule has 0 amide bonds. The van der Waals surface area contributed by atoms with E-state index in [1.807, 2.05) is 0 Å². The van der Waals surface area contributed by atoms with Crippen LogP contribution >= 0.6 is 0 Å². The molecule has 4 atom stereocenters. The van der Waals surface area contributed by atoms with Crippen LogP contribution in [0.3, 0.4) is 0 Å². The highest BCUT2D eigenvalue weighted by Crippen LogP contribution is 2.32. The largest absolute Gasteiger partial charge is 0.375 e. The number of hydrogen-bond acceptors (Lipinski definition) is 1. The summed E-state index contributed by atoms with van der Waals surface area (Å²) in [6.45, 7) is 8.95. The van der Waals surface area contributed by atoms with Gasteiger partial charge in [-0.2, -0.15) is 0 Å². The Morgan fingerprint density at radius 2 is 1.70 bits per heavy atom. The van der Waals surface area contributed by atoms with E-state index in [0.717, 1.165) is 18.3 Å². The topological polar surface area (TPSA) is 9.23 Å². The third-order valence-electron chi connectivity index (χ3n) is 2.95. The second-order valence-electron chi connectivity index (χ2n) is 3.51. The minimum atomic E-state index is 0.472. The maximum absolute atomic E-state index is 5.73. The van der Waals surface area contributed by atoms with Gasteiger partial charge in [0.15, 0.2) is 0 Å². The molecule has 0 saturated carbocycles. The summed E-state index contributed by atoms with van der Waals surface area (Å²) in [5.41, 5.74) is 0. The lowest BCUT2D eigenvalue weighted by Crippen LogP contribution is -2.14. The first-order valence-electron chi connectivity index (χ1n) is 4.32. The van der Waals surface area contributed by atoms with Gasteiger partial charge in [-0.1, -0.05) is 20.8 Å². The van der Waals surface area contributed by atoms with Gasteiger partial charge < -0.3 is 4.74 Å². The van der Waals surface area contributed by atoms with Crippen molar-refractivity contribution in [1.29, 1.82) is 0 Å². The number of hydrogen-bond donors (Lipinski definition) is 0. The molecular weight excluding hydrogens is 124 g/mol. The Bertz CT molecular complexity index is 111. The van der Waals surface area contributed by atoms with E-state index in [9.17, 15) is 0 Å². The van der Waals surface area contributed by atoms with Crippen LogP contribution in [0.5, 0.6) is 0 Å². The fourth-order valence-corrected chi connectivity index (χ4v) is 1.76. The number of rotatable bonds is 1. The Labute approximate surface area is 63.8 Å². The summed E-state index contributed by atoms with van der Waals surface area (Å²) in [4.78, 5) is 0. The van der Waals surface area contributed by atoms with Crippen molar-refractivity contribution in [1.82, 2.24) is 0 Å². The van der Waals surface area contributed by atoms with Gasteiger partial charge in [-0.05, 0) is 25.2 Å². The highest BCUT2D eigenvalue weighted by molar-refractivity contribution is 4.82. The number of ether oxygens (including phenoxy) is 1. The molecule has 0 aliphatic carbocycles. The molecule has 1 nitrogen and oxygen atoms in total. The van der Waals surface area contributed by atoms with Crippen molar-refractivity contribution in [2.24, 2.45) is 11.8 Å². The molecule has 1 fully saturated rings. The molecule has 0 aromatic carbocycles. The van der Waals surface area contributed by atoms with E-state index in [1.54, 1.807) is 0 Å². The molecule has 1 saturated heterocycles. The molecule has 1 aliphatic rings. The molecule has 10 heavy (non-hydrogen) atoms. The van der Waals surface area contributed by atoms with Gasteiger partial charge in [0, 0.05) is 0 Å². The SMILES string of the molecule is CCC1OC(C)[C@H](C)C1C. The van der Waals surface area contributed by atoms with Crippen LogP contribution in [0.15, 0.2) is 0 Å². The van der Waals surface area contributed by atoms with Crippen LogP contribution in [0.2, 0.25) is 0 Å². The van der Waals surface area contributed by atoms with Gasteiger partial charge in [-0.15, -0.1) is 0 Å². The molecular formula is C9H18O. The molecule has 1 rings (SSSR count). The van der Waals surface area contributed by atoms with E-state index in [4.69, 9.17) is 4.74 Å². The Morgan fingerprint density at radius 3 is 1.90 bits per heavy atom. The minimum Gasteiger partial charge on any atom is -0.375 e. The van der Waals surface area contributed by atoms with E-state index in [0.29, 0.717) is 12.2 Å². The zero-order valence-corrected chi connectivity index (χ0v) is 7.42. The predicted molar refractivity (Wildman–Crippen MR) is 43.0 cm³/mol. The molecule has 0 spiro atoms. The second kappa shape index (κ2) is 2.91. The Balaban J connectivity index is 2.53. The molecule has 60 valence electrons. The summed E-state index contributed by atoms with van der Waals surface area (Å²) < 4.78 is 5.73. The smallest absolute Gasteiger partial charge is 0.0605 e. The molecule has 0 bridgehead atoms. The normalized spacial score (nSPS) is 48.0. The fourth-order valence-electron chi connectivity index (χ4n) is 1.76. The minimum absolute atomic E-state index is 0.472. The van der Waals surface area contributed by atoms with Gasteiger partial charge in [-0.25, -0.2) is 0 Å². The van der Waals surface area contributed by atoms with Crippen molar-refractivity contribution >= 4 is 0 Å². The molecule has 1 heteroatoms. The van der Waals surface area contributed by atoms with Crippen LogP contribution in [0.4, 0.5) is 0 Å². The van der Waals surface area contributed by atoms with Gasteiger partial charge >= 0.3 is 0 Å². The van der Waals surface area contributed by atoms with Crippen molar-refractivity contribution in [3.8, 4) is 0 Å². The van der Waals surface area contributed by atoms with Crippen LogP contribution in [-0.4, -0.2) is 12.2 Å². The molecule has 0 aromatic rings. The van der Waals surface area contributed by atoms with E-state index < -0.39 is 0 Å². The van der Waals surface area contributed by atoms with Crippen LogP contribution in [0.25, 0.3) is 0 Å². The van der Waals surface area contributed by atoms with Gasteiger partial charge in [0.2, 0.25) is 0 Å². The van der Waals surface area contributed by atoms with E-state index in [2.05, 4.69) is 27.7 Å². The molecule has 1 aliphatic heterocycles. The van der Waals surface area contributed by atoms with E-state index >= 15 is 0 Å². The lowest BCUT2D eigenvalue weighted by atomic mass is 9.90. The molecule has 1 heterocycles. The average Bonchev–Trinajstić information content (AvgIpc) is 2.17. The van der Waals surface area contributed by atoms with Crippen molar-refractivity contribution in [2.45, 2.75) is 46.3 Å². The summed E-state index contributed by atoms with van der Waals surface area (Å²) in [6, 6.07) is 0. The van der Waals surface area contributed by atoms with Crippen molar-refractivity contribution < 1.29 is 4.74 Å². The first kappa shape index (κ1) is 8.06. The molecule has 0 radical (unpaired) electrons. The van der Waals surface area contributed by atoms with Crippen LogP contribution in [-0.2, 0) is 4.74 Å². The van der Waals surface area contributed by atoms with Crippen molar-refractivity contribution in [3.05, 3.63) is 0 Å². The van der Waals surface area contributed by atoms with E-state index in [-0.39, 0.29) is 0 Å². The quantitative estimate of drug-likeness (QED) is 0.546. The zero-order valence-electron chi connectivity index (χ0n) is 7.42. The van der Waals surface area contributed by atoms with Crippen molar-refractivity contribution in [3.63, 3.8) is 0 Å². The average molecular weight is 142 g/mol. The van der Waals surface area contributed by atoms with Crippen LogP contribution in [0.1, 0.15) is 34.1 Å². The van der Waals surface area contributed by atoms with Gasteiger partial charge in [0.25, 0.3) is 0 Å². The van der Waals surface area contributed by atoms with Gasteiger partial charge in [0.1, 0.15) is 0 Å². The summed E-state index contributed by atoms with van der Waals surface area (Å²) in [7, 11) is 0. The van der Waals surface area contributed by atoms with Crippen LogP contribution < -0.4 is 0 Å². The fraction of sp³-hybridized carbons (Fsp3) is 1.00. The lowest BCUT2D eigenvalue weighted by Gasteiger charge is -2.12. The summed E-state index contributed by atoms with van der Waals surface area (Å²) in [5.74, 6) is 1.49. The first-order chi connectivity index (χ1) is 4.66. The molecule has 0 aromatic heterocycles. The highest BCUT2D eigenvalue weighted by Gasteiger charge is 2.34. The maximum Gasteiger partial charge on any atom is 0.0605 e.